The first-order chi connectivity index (χ1) is 9.67. The number of nitrogens with zero attached hydrogens (tertiary/aromatic N) is 2. The van der Waals surface area contributed by atoms with E-state index in [4.69, 9.17) is 23.2 Å². The summed E-state index contributed by atoms with van der Waals surface area (Å²) in [5.74, 6) is 6.17. The molecule has 0 bridgehead atoms. The van der Waals surface area contributed by atoms with Crippen molar-refractivity contribution in [3.63, 3.8) is 0 Å². The number of aromatic nitrogens is 2. The molecule has 3 rings (SSSR count). The average Bonchev–Trinajstić information content (AvgIpc) is 2.46. The van der Waals surface area contributed by atoms with Crippen LogP contribution in [0.1, 0.15) is 0 Å². The van der Waals surface area contributed by atoms with Gasteiger partial charge in [0, 0.05) is 10.4 Å². The van der Waals surface area contributed by atoms with Gasteiger partial charge in [0.05, 0.1) is 5.52 Å². The largest absolute Gasteiger partial charge is 0.368 e. The third-order valence-corrected chi connectivity index (χ3v) is 3.28. The van der Waals surface area contributed by atoms with E-state index in [9.17, 15) is 0 Å². The summed E-state index contributed by atoms with van der Waals surface area (Å²) in [6, 6.07) is 13.4. The van der Waals surface area contributed by atoms with Crippen LogP contribution in [0, 0.1) is 0 Å². The fourth-order valence-electron chi connectivity index (χ4n) is 2.08. The molecule has 100 valence electrons. The first-order valence-electron chi connectivity index (χ1n) is 5.97. The van der Waals surface area contributed by atoms with E-state index in [-0.39, 0.29) is 5.95 Å². The summed E-state index contributed by atoms with van der Waals surface area (Å²) in [5.41, 5.74) is 11.0. The van der Waals surface area contributed by atoms with Crippen molar-refractivity contribution < 1.29 is 0 Å². The fraction of sp³-hybridized carbons (Fsp3) is 0. The number of rotatable bonds is 2. The lowest BCUT2D eigenvalue weighted by molar-refractivity contribution is 1.19. The maximum absolute atomic E-state index is 5.90. The van der Waals surface area contributed by atoms with Crippen LogP contribution in [0.4, 0.5) is 11.8 Å². The summed E-state index contributed by atoms with van der Waals surface area (Å²) in [7, 11) is 0. The molecule has 1 heterocycles. The maximum Gasteiger partial charge on any atom is 0.222 e. The molecule has 5 N–H and O–H groups in total. The molecule has 0 aliphatic rings. The average molecular weight is 286 g/mol. The minimum Gasteiger partial charge on any atom is -0.368 e. The second-order valence-corrected chi connectivity index (χ2v) is 4.75. The van der Waals surface area contributed by atoms with Crippen LogP contribution < -0.4 is 17.0 Å². The number of anilines is 2. The summed E-state index contributed by atoms with van der Waals surface area (Å²) < 4.78 is 0. The molecule has 0 spiro atoms. The first-order valence-corrected chi connectivity index (χ1v) is 6.35. The highest BCUT2D eigenvalue weighted by Crippen LogP contribution is 2.28. The zero-order chi connectivity index (χ0) is 14.1. The van der Waals surface area contributed by atoms with Crippen molar-refractivity contribution >= 4 is 34.3 Å². The van der Waals surface area contributed by atoms with Gasteiger partial charge in [-0.15, -0.1) is 0 Å². The molecule has 1 aromatic heterocycles. The molecule has 3 aromatic rings. The predicted molar refractivity (Wildman–Crippen MR) is 82.2 cm³/mol. The summed E-state index contributed by atoms with van der Waals surface area (Å²) >= 11 is 5.90. The zero-order valence-corrected chi connectivity index (χ0v) is 11.2. The molecule has 0 unspecified atom stereocenters. The highest BCUT2D eigenvalue weighted by molar-refractivity contribution is 6.30. The standard InChI is InChI=1S/C14H12ClN5/c15-10-4-1-8(2-5-10)9-3-6-12-11(7-9)13(20-17)19-14(16)18-12/h1-7H,17H2,(H3,16,18,19,20). The zero-order valence-electron chi connectivity index (χ0n) is 10.5. The van der Waals surface area contributed by atoms with Crippen LogP contribution >= 0.6 is 11.6 Å². The van der Waals surface area contributed by atoms with E-state index in [1.165, 1.54) is 0 Å². The van der Waals surface area contributed by atoms with Gasteiger partial charge in [0.15, 0.2) is 5.82 Å². The molecule has 2 aromatic carbocycles. The Hall–Kier alpha value is -2.37. The lowest BCUT2D eigenvalue weighted by atomic mass is 10.0. The van der Waals surface area contributed by atoms with E-state index in [2.05, 4.69) is 15.4 Å². The van der Waals surface area contributed by atoms with Crippen molar-refractivity contribution in [1.29, 1.82) is 0 Å². The maximum atomic E-state index is 5.90. The molecule has 20 heavy (non-hydrogen) atoms. The molecule has 5 nitrogen and oxygen atoms in total. The van der Waals surface area contributed by atoms with Crippen molar-refractivity contribution in [2.75, 3.05) is 11.2 Å². The van der Waals surface area contributed by atoms with Gasteiger partial charge < -0.3 is 11.2 Å². The number of nitrogens with one attached hydrogen (secondary N) is 1. The fourth-order valence-corrected chi connectivity index (χ4v) is 2.20. The van der Waals surface area contributed by atoms with Crippen LogP contribution in [0.3, 0.4) is 0 Å². The van der Waals surface area contributed by atoms with Gasteiger partial charge in [0.2, 0.25) is 5.95 Å². The van der Waals surface area contributed by atoms with Crippen LogP contribution in [0.5, 0.6) is 0 Å². The van der Waals surface area contributed by atoms with Crippen molar-refractivity contribution in [1.82, 2.24) is 9.97 Å². The van der Waals surface area contributed by atoms with E-state index in [1.807, 2.05) is 42.5 Å². The SMILES string of the molecule is NNc1nc(N)nc2ccc(-c3ccc(Cl)cc3)cc12. The molecule has 0 aliphatic heterocycles. The van der Waals surface area contributed by atoms with Crippen LogP contribution in [0.25, 0.3) is 22.0 Å². The van der Waals surface area contributed by atoms with Crippen molar-refractivity contribution in [2.45, 2.75) is 0 Å². The Morgan fingerprint density at radius 2 is 1.65 bits per heavy atom. The van der Waals surface area contributed by atoms with Crippen LogP contribution in [0.2, 0.25) is 5.02 Å². The van der Waals surface area contributed by atoms with Gasteiger partial charge in [0.25, 0.3) is 0 Å². The topological polar surface area (TPSA) is 89.8 Å². The Morgan fingerprint density at radius 3 is 2.35 bits per heavy atom. The summed E-state index contributed by atoms with van der Waals surface area (Å²) in [6.07, 6.45) is 0. The van der Waals surface area contributed by atoms with Gasteiger partial charge in [-0.3, -0.25) is 0 Å². The van der Waals surface area contributed by atoms with E-state index in [1.54, 1.807) is 0 Å². The number of fused-ring (bicyclic) bond motifs is 1. The number of benzene rings is 2. The Bertz CT molecular complexity index is 770. The Kier molecular flexibility index (Phi) is 3.14. The minimum atomic E-state index is 0.185. The van der Waals surface area contributed by atoms with Gasteiger partial charge in [-0.25, -0.2) is 10.8 Å². The third kappa shape index (κ3) is 2.24. The minimum absolute atomic E-state index is 0.185. The highest BCUT2D eigenvalue weighted by Gasteiger charge is 2.07. The monoisotopic (exact) mass is 285 g/mol. The Balaban J connectivity index is 2.19. The number of hydrogen-bond acceptors (Lipinski definition) is 5. The van der Waals surface area contributed by atoms with Crippen molar-refractivity contribution in [3.8, 4) is 11.1 Å². The molecule has 0 fully saturated rings. The van der Waals surface area contributed by atoms with Gasteiger partial charge in [0.1, 0.15) is 0 Å². The quantitative estimate of drug-likeness (QED) is 0.497. The lowest BCUT2D eigenvalue weighted by Crippen LogP contribution is -2.11. The number of halogens is 1. The summed E-state index contributed by atoms with van der Waals surface area (Å²) in [6.45, 7) is 0. The molecular weight excluding hydrogens is 274 g/mol. The predicted octanol–water partition coefficient (Wildman–Crippen LogP) is 2.82. The second-order valence-electron chi connectivity index (χ2n) is 4.31. The molecule has 0 amide bonds. The van der Waals surface area contributed by atoms with Gasteiger partial charge in [-0.05, 0) is 35.4 Å². The van der Waals surface area contributed by atoms with E-state index in [0.717, 1.165) is 22.0 Å². The molecule has 0 aliphatic carbocycles. The van der Waals surface area contributed by atoms with Crippen molar-refractivity contribution in [3.05, 3.63) is 47.5 Å². The molecular formula is C14H12ClN5. The highest BCUT2D eigenvalue weighted by atomic mass is 35.5. The normalized spacial score (nSPS) is 10.7. The van der Waals surface area contributed by atoms with E-state index >= 15 is 0 Å². The number of nitrogens with two attached hydrogens (primary N) is 2. The van der Waals surface area contributed by atoms with Gasteiger partial charge in [-0.2, -0.15) is 4.98 Å². The first kappa shape index (κ1) is 12.7. The Labute approximate surface area is 120 Å². The van der Waals surface area contributed by atoms with E-state index < -0.39 is 0 Å². The number of hydrogen-bond donors (Lipinski definition) is 3. The molecule has 0 radical (unpaired) electrons. The van der Waals surface area contributed by atoms with Crippen molar-refractivity contribution in [2.24, 2.45) is 5.84 Å². The number of hydrazine groups is 1. The van der Waals surface area contributed by atoms with Gasteiger partial charge in [-0.1, -0.05) is 29.8 Å². The number of nitrogen functional groups attached to an aromatic ring is 2. The smallest absolute Gasteiger partial charge is 0.222 e. The van der Waals surface area contributed by atoms with Crippen LogP contribution in [-0.4, -0.2) is 9.97 Å². The molecule has 6 heteroatoms. The molecule has 0 saturated heterocycles. The summed E-state index contributed by atoms with van der Waals surface area (Å²) in [4.78, 5) is 8.26. The Morgan fingerprint density at radius 1 is 0.950 bits per heavy atom. The van der Waals surface area contributed by atoms with Gasteiger partial charge >= 0.3 is 0 Å². The van der Waals surface area contributed by atoms with E-state index in [0.29, 0.717) is 10.8 Å². The molecule has 0 atom stereocenters. The second kappa shape index (κ2) is 4.96. The van der Waals surface area contributed by atoms with Crippen LogP contribution in [-0.2, 0) is 0 Å². The lowest BCUT2D eigenvalue weighted by Gasteiger charge is -2.08. The summed E-state index contributed by atoms with van der Waals surface area (Å²) in [5, 5.41) is 1.52. The van der Waals surface area contributed by atoms with Crippen LogP contribution in [0.15, 0.2) is 42.5 Å². The molecule has 0 saturated carbocycles. The third-order valence-electron chi connectivity index (χ3n) is 3.03.